The zero-order chi connectivity index (χ0) is 17.4. The van der Waals surface area contributed by atoms with Gasteiger partial charge in [0.25, 0.3) is 0 Å². The maximum atomic E-state index is 11.8. The average Bonchev–Trinajstić information content (AvgIpc) is 2.86. The summed E-state index contributed by atoms with van der Waals surface area (Å²) in [5, 5.41) is 3.39. The van der Waals surface area contributed by atoms with E-state index in [0.29, 0.717) is 31.2 Å². The first kappa shape index (κ1) is 17.4. The molecule has 3 rings (SSSR count). The Morgan fingerprint density at radius 3 is 2.58 bits per heavy atom. The second-order valence-electron chi connectivity index (χ2n) is 8.42. The predicted molar refractivity (Wildman–Crippen MR) is 93.5 cm³/mol. The zero-order valence-electron chi connectivity index (χ0n) is 15.2. The molecule has 1 aromatic carbocycles. The number of benzene rings is 1. The first-order valence-electron chi connectivity index (χ1n) is 8.89. The smallest absolute Gasteiger partial charge is 0.320 e. The third kappa shape index (κ3) is 3.98. The first-order valence-corrected chi connectivity index (χ1v) is 8.89. The Morgan fingerprint density at radius 1 is 1.29 bits per heavy atom. The molecule has 132 valence electrons. The van der Waals surface area contributed by atoms with Crippen molar-refractivity contribution in [2.75, 3.05) is 6.54 Å². The lowest BCUT2D eigenvalue weighted by molar-refractivity contribution is -0.153. The van der Waals surface area contributed by atoms with Gasteiger partial charge in [0, 0.05) is 6.04 Å². The van der Waals surface area contributed by atoms with E-state index in [4.69, 9.17) is 9.47 Å². The lowest BCUT2D eigenvalue weighted by Crippen LogP contribution is -2.35. The van der Waals surface area contributed by atoms with Crippen molar-refractivity contribution in [2.24, 2.45) is 11.3 Å². The van der Waals surface area contributed by atoms with Gasteiger partial charge in [-0.1, -0.05) is 37.3 Å². The summed E-state index contributed by atoms with van der Waals surface area (Å²) in [4.78, 5) is 11.8. The number of carbonyl (C=O) groups excluding carboxylic acids is 1. The molecule has 0 bridgehead atoms. The molecule has 24 heavy (non-hydrogen) atoms. The van der Waals surface area contributed by atoms with Crippen molar-refractivity contribution in [3.05, 3.63) is 35.9 Å². The third-order valence-electron chi connectivity index (χ3n) is 5.25. The van der Waals surface area contributed by atoms with Gasteiger partial charge in [-0.25, -0.2) is 0 Å². The van der Waals surface area contributed by atoms with Crippen molar-refractivity contribution in [2.45, 2.75) is 64.9 Å². The number of ether oxygens (including phenoxy) is 2. The van der Waals surface area contributed by atoms with Crippen molar-refractivity contribution in [1.29, 1.82) is 0 Å². The van der Waals surface area contributed by atoms with Gasteiger partial charge in [0.05, 0.1) is 19.3 Å². The van der Waals surface area contributed by atoms with Crippen molar-refractivity contribution >= 4 is 5.97 Å². The SMILES string of the molecule is CC(C)(C)OC(=O)CNC1C2CC(OCc3ccccc3)CC21C. The summed E-state index contributed by atoms with van der Waals surface area (Å²) in [5.41, 5.74) is 1.07. The first-order chi connectivity index (χ1) is 11.3. The minimum absolute atomic E-state index is 0.173. The number of esters is 1. The van der Waals surface area contributed by atoms with Gasteiger partial charge >= 0.3 is 5.97 Å². The molecule has 2 aliphatic carbocycles. The topological polar surface area (TPSA) is 47.6 Å². The van der Waals surface area contributed by atoms with Crippen LogP contribution in [0, 0.1) is 11.3 Å². The Labute approximate surface area is 144 Å². The van der Waals surface area contributed by atoms with Crippen LogP contribution < -0.4 is 5.32 Å². The van der Waals surface area contributed by atoms with Crippen LogP contribution in [-0.2, 0) is 20.9 Å². The van der Waals surface area contributed by atoms with E-state index in [0.717, 1.165) is 12.8 Å². The molecule has 0 saturated heterocycles. The second kappa shape index (κ2) is 6.49. The highest BCUT2D eigenvalue weighted by molar-refractivity contribution is 5.72. The zero-order valence-corrected chi connectivity index (χ0v) is 15.2. The molecule has 1 aromatic rings. The number of hydrogen-bond donors (Lipinski definition) is 1. The lowest BCUT2D eigenvalue weighted by atomic mass is 10.0. The van der Waals surface area contributed by atoms with Crippen LogP contribution >= 0.6 is 0 Å². The van der Waals surface area contributed by atoms with E-state index in [2.05, 4.69) is 24.4 Å². The molecule has 0 radical (unpaired) electrons. The fourth-order valence-electron chi connectivity index (χ4n) is 4.06. The molecule has 4 nitrogen and oxygen atoms in total. The van der Waals surface area contributed by atoms with Crippen LogP contribution in [0.15, 0.2) is 30.3 Å². The minimum atomic E-state index is -0.418. The van der Waals surface area contributed by atoms with E-state index in [1.54, 1.807) is 0 Å². The molecule has 0 amide bonds. The molecule has 2 saturated carbocycles. The molecule has 0 aromatic heterocycles. The maximum Gasteiger partial charge on any atom is 0.320 e. The van der Waals surface area contributed by atoms with Crippen LogP contribution in [0.4, 0.5) is 0 Å². The van der Waals surface area contributed by atoms with Gasteiger partial charge in [0.2, 0.25) is 0 Å². The molecule has 4 heteroatoms. The summed E-state index contributed by atoms with van der Waals surface area (Å²) >= 11 is 0. The molecule has 2 fully saturated rings. The van der Waals surface area contributed by atoms with Crippen LogP contribution in [-0.4, -0.2) is 30.3 Å². The van der Waals surface area contributed by atoms with Gasteiger partial charge in [0.1, 0.15) is 5.60 Å². The quantitative estimate of drug-likeness (QED) is 0.813. The number of nitrogens with one attached hydrogen (secondary N) is 1. The molecular formula is C20H29NO3. The van der Waals surface area contributed by atoms with Gasteiger partial charge in [-0.2, -0.15) is 0 Å². The van der Waals surface area contributed by atoms with E-state index in [1.165, 1.54) is 5.56 Å². The highest BCUT2D eigenvalue weighted by atomic mass is 16.6. The van der Waals surface area contributed by atoms with Crippen molar-refractivity contribution < 1.29 is 14.3 Å². The van der Waals surface area contributed by atoms with Crippen LogP contribution in [0.2, 0.25) is 0 Å². The summed E-state index contributed by atoms with van der Waals surface area (Å²) in [7, 11) is 0. The predicted octanol–water partition coefficient (Wildman–Crippen LogP) is 3.30. The third-order valence-corrected chi connectivity index (χ3v) is 5.25. The van der Waals surface area contributed by atoms with Crippen LogP contribution in [0.1, 0.15) is 46.1 Å². The van der Waals surface area contributed by atoms with Gasteiger partial charge in [0.15, 0.2) is 0 Å². The molecule has 4 atom stereocenters. The molecule has 0 spiro atoms. The normalized spacial score (nSPS) is 31.6. The molecular weight excluding hydrogens is 302 g/mol. The second-order valence-corrected chi connectivity index (χ2v) is 8.42. The standard InChI is InChI=1S/C20H29NO3/c1-19(2,3)24-17(22)12-21-18-16-10-15(11-20(16,18)4)23-13-14-8-6-5-7-9-14/h5-9,15-16,18,21H,10-13H2,1-4H3. The lowest BCUT2D eigenvalue weighted by Gasteiger charge is -2.21. The summed E-state index contributed by atoms with van der Waals surface area (Å²) in [6.45, 7) is 8.97. The monoisotopic (exact) mass is 331 g/mol. The highest BCUT2D eigenvalue weighted by Gasteiger charge is 2.66. The fraction of sp³-hybridized carbons (Fsp3) is 0.650. The van der Waals surface area contributed by atoms with E-state index >= 15 is 0 Å². The fourth-order valence-corrected chi connectivity index (χ4v) is 4.06. The number of fused-ring (bicyclic) bond motifs is 1. The Balaban J connectivity index is 1.40. The highest BCUT2D eigenvalue weighted by Crippen LogP contribution is 2.63. The molecule has 0 heterocycles. The molecule has 4 unspecified atom stereocenters. The van der Waals surface area contributed by atoms with E-state index in [9.17, 15) is 4.79 Å². The molecule has 2 aliphatic rings. The minimum Gasteiger partial charge on any atom is -0.459 e. The Hall–Kier alpha value is -1.39. The molecule has 0 aliphatic heterocycles. The number of rotatable bonds is 6. The van der Waals surface area contributed by atoms with Crippen LogP contribution in [0.5, 0.6) is 0 Å². The van der Waals surface area contributed by atoms with Crippen molar-refractivity contribution in [1.82, 2.24) is 5.32 Å². The Morgan fingerprint density at radius 2 is 2.00 bits per heavy atom. The largest absolute Gasteiger partial charge is 0.459 e. The van der Waals surface area contributed by atoms with Gasteiger partial charge in [-0.3, -0.25) is 4.79 Å². The summed E-state index contributed by atoms with van der Waals surface area (Å²) in [6, 6.07) is 10.7. The maximum absolute atomic E-state index is 11.8. The van der Waals surface area contributed by atoms with Gasteiger partial charge < -0.3 is 14.8 Å². The van der Waals surface area contributed by atoms with E-state index in [-0.39, 0.29) is 11.4 Å². The van der Waals surface area contributed by atoms with Crippen LogP contribution in [0.3, 0.4) is 0 Å². The number of hydrogen-bond acceptors (Lipinski definition) is 4. The van der Waals surface area contributed by atoms with Crippen LogP contribution in [0.25, 0.3) is 0 Å². The molecule has 1 N–H and O–H groups in total. The van der Waals surface area contributed by atoms with Gasteiger partial charge in [-0.05, 0) is 50.5 Å². The van der Waals surface area contributed by atoms with Crippen molar-refractivity contribution in [3.8, 4) is 0 Å². The Kier molecular flexibility index (Phi) is 4.71. The van der Waals surface area contributed by atoms with Crippen molar-refractivity contribution in [3.63, 3.8) is 0 Å². The summed E-state index contributed by atoms with van der Waals surface area (Å²) in [5.74, 6) is 0.439. The van der Waals surface area contributed by atoms with Gasteiger partial charge in [-0.15, -0.1) is 0 Å². The van der Waals surface area contributed by atoms with E-state index < -0.39 is 5.60 Å². The number of carbonyl (C=O) groups is 1. The Bertz CT molecular complexity index is 580. The van der Waals surface area contributed by atoms with E-state index in [1.807, 2.05) is 39.0 Å². The summed E-state index contributed by atoms with van der Waals surface area (Å²) < 4.78 is 11.4. The summed E-state index contributed by atoms with van der Waals surface area (Å²) in [6.07, 6.45) is 2.48. The average molecular weight is 331 g/mol.